The molecule has 0 saturated heterocycles. The minimum absolute atomic E-state index is 0.0820. The average molecular weight is 570 g/mol. The van der Waals surface area contributed by atoms with Crippen LogP contribution in [0.2, 0.25) is 5.02 Å². The number of hydrogen-bond acceptors (Lipinski definition) is 4. The molecule has 2 aliphatic rings. The van der Waals surface area contributed by atoms with Crippen LogP contribution in [0, 0.1) is 5.92 Å². The summed E-state index contributed by atoms with van der Waals surface area (Å²) in [6.07, 6.45) is 12.5. The Balaban J connectivity index is 0.978. The number of nitrogens with zero attached hydrogens (tertiary/aromatic N) is 1. The van der Waals surface area contributed by atoms with Crippen LogP contribution in [-0.2, 0) is 17.6 Å². The first-order chi connectivity index (χ1) is 20.0. The van der Waals surface area contributed by atoms with Crippen molar-refractivity contribution in [2.45, 2.75) is 70.3 Å². The molecule has 2 aromatic carbocycles. The number of aromatic amines is 1. The first-order valence-electron chi connectivity index (χ1n) is 15.1. The van der Waals surface area contributed by atoms with E-state index in [0.29, 0.717) is 24.8 Å². The molecule has 0 radical (unpaired) electrons. The van der Waals surface area contributed by atoms with Gasteiger partial charge in [-0.25, -0.2) is 0 Å². The molecule has 6 nitrogen and oxygen atoms in total. The molecule has 0 aliphatic heterocycles. The van der Waals surface area contributed by atoms with E-state index < -0.39 is 6.04 Å². The van der Waals surface area contributed by atoms with Crippen LogP contribution in [0.15, 0.2) is 60.3 Å². The van der Waals surface area contributed by atoms with Gasteiger partial charge in [-0.2, -0.15) is 0 Å². The fourth-order valence-electron chi connectivity index (χ4n) is 6.87. The lowest BCUT2D eigenvalue weighted by Crippen LogP contribution is -2.42. The summed E-state index contributed by atoms with van der Waals surface area (Å²) >= 11 is 6.34. The number of carbonyl (C=O) groups excluding carboxylic acids is 1. The number of hydrogen-bond donors (Lipinski definition) is 4. The van der Waals surface area contributed by atoms with Crippen LogP contribution in [0.4, 0.5) is 5.69 Å². The number of nitrogens with one attached hydrogen (secondary N) is 3. The third-order valence-electron chi connectivity index (χ3n) is 8.76. The Bertz CT molecular complexity index is 1590. The normalized spacial score (nSPS) is 18.7. The van der Waals surface area contributed by atoms with Crippen LogP contribution >= 0.6 is 11.6 Å². The number of anilines is 1. The molecular formula is C34H40ClN5O. The van der Waals surface area contributed by atoms with Crippen molar-refractivity contribution < 1.29 is 4.79 Å². The summed E-state index contributed by atoms with van der Waals surface area (Å²) in [6, 6.07) is 13.6. The Hall–Kier alpha value is -3.35. The first-order valence-corrected chi connectivity index (χ1v) is 15.5. The fraction of sp³-hybridized carbons (Fsp3) is 0.412. The topological polar surface area (TPSA) is 95.8 Å². The lowest BCUT2D eigenvalue weighted by atomic mass is 9.71. The van der Waals surface area contributed by atoms with Gasteiger partial charge in [-0.1, -0.05) is 54.3 Å². The first kappa shape index (κ1) is 27.8. The second-order valence-corrected chi connectivity index (χ2v) is 12.4. The van der Waals surface area contributed by atoms with E-state index in [4.69, 9.17) is 22.3 Å². The fourth-order valence-corrected chi connectivity index (χ4v) is 7.03. The van der Waals surface area contributed by atoms with E-state index >= 15 is 0 Å². The summed E-state index contributed by atoms with van der Waals surface area (Å²) < 4.78 is 0. The highest BCUT2D eigenvalue weighted by Crippen LogP contribution is 2.47. The molecule has 2 aliphatic carbocycles. The van der Waals surface area contributed by atoms with Crippen molar-refractivity contribution in [1.29, 1.82) is 0 Å². The highest BCUT2D eigenvalue weighted by molar-refractivity contribution is 6.31. The summed E-state index contributed by atoms with van der Waals surface area (Å²) in [5.74, 6) is 1.05. The maximum atomic E-state index is 12.6. The van der Waals surface area contributed by atoms with Crippen LogP contribution in [0.5, 0.6) is 0 Å². The number of halogens is 1. The minimum atomic E-state index is -0.548. The van der Waals surface area contributed by atoms with Gasteiger partial charge in [0, 0.05) is 57.5 Å². The largest absolute Gasteiger partial charge is 0.384 e. The number of pyridine rings is 1. The quantitative estimate of drug-likeness (QED) is 0.115. The number of benzene rings is 2. The Morgan fingerprint density at radius 3 is 2.80 bits per heavy atom. The molecule has 2 aromatic heterocycles. The number of nitrogens with two attached hydrogens (primary N) is 1. The van der Waals surface area contributed by atoms with E-state index in [1.165, 1.54) is 34.3 Å². The molecule has 2 unspecified atom stereocenters. The van der Waals surface area contributed by atoms with Gasteiger partial charge in [0.25, 0.3) is 0 Å². The molecule has 3 atom stereocenters. The number of fused-ring (bicyclic) bond motifs is 6. The van der Waals surface area contributed by atoms with Gasteiger partial charge in [0.15, 0.2) is 0 Å². The van der Waals surface area contributed by atoms with Crippen molar-refractivity contribution in [3.05, 3.63) is 82.2 Å². The van der Waals surface area contributed by atoms with Crippen LogP contribution in [0.3, 0.4) is 0 Å². The van der Waals surface area contributed by atoms with Gasteiger partial charge in [0.2, 0.25) is 5.91 Å². The monoisotopic (exact) mass is 569 g/mol. The van der Waals surface area contributed by atoms with Gasteiger partial charge in [0.1, 0.15) is 0 Å². The predicted molar refractivity (Wildman–Crippen MR) is 170 cm³/mol. The van der Waals surface area contributed by atoms with Crippen molar-refractivity contribution in [3.63, 3.8) is 0 Å². The lowest BCUT2D eigenvalue weighted by Gasteiger charge is -2.36. The molecule has 2 heterocycles. The molecular weight excluding hydrogens is 530 g/mol. The van der Waals surface area contributed by atoms with E-state index in [9.17, 15) is 4.79 Å². The Morgan fingerprint density at radius 1 is 1.10 bits per heavy atom. The standard InChI is InChI=1S/C34H40ClN5O/c1-21-14-22-16-23(15-21)32-31(17-22)40-30-19-25(35)10-11-27(30)33(32)37-12-6-2-3-7-13-38-34(41)28(36)18-24-20-39-29-9-5-4-8-26(24)29/h4-5,8-11,14,19-20,22-23,28,39H,2-3,6-7,12-13,15-18,36H2,1H3,(H,37,40)(H,38,41)/t22?,23?,28-/m0/s1. The summed E-state index contributed by atoms with van der Waals surface area (Å²) in [5, 5.41) is 9.88. The van der Waals surface area contributed by atoms with Crippen molar-refractivity contribution in [3.8, 4) is 0 Å². The number of aromatic nitrogens is 2. The number of para-hydroxylation sites is 1. The molecule has 1 amide bonds. The highest BCUT2D eigenvalue weighted by Gasteiger charge is 2.33. The number of rotatable bonds is 11. The molecule has 214 valence electrons. The zero-order chi connectivity index (χ0) is 28.3. The van der Waals surface area contributed by atoms with Crippen molar-refractivity contribution in [2.24, 2.45) is 11.7 Å². The summed E-state index contributed by atoms with van der Waals surface area (Å²) in [4.78, 5) is 20.9. The number of unbranched alkanes of at least 4 members (excludes halogenated alkanes) is 3. The van der Waals surface area contributed by atoms with E-state index in [2.05, 4.69) is 40.8 Å². The zero-order valence-electron chi connectivity index (χ0n) is 23.8. The van der Waals surface area contributed by atoms with Gasteiger partial charge in [-0.15, -0.1) is 0 Å². The van der Waals surface area contributed by atoms with E-state index in [0.717, 1.165) is 72.1 Å². The lowest BCUT2D eigenvalue weighted by molar-refractivity contribution is -0.122. The number of carbonyl (C=O) groups is 1. The summed E-state index contributed by atoms with van der Waals surface area (Å²) in [6.45, 7) is 3.85. The van der Waals surface area contributed by atoms with Gasteiger partial charge in [0.05, 0.1) is 11.6 Å². The van der Waals surface area contributed by atoms with Gasteiger partial charge < -0.3 is 21.4 Å². The molecule has 6 rings (SSSR count). The maximum absolute atomic E-state index is 12.6. The number of amides is 1. The van der Waals surface area contributed by atoms with Gasteiger partial charge in [-0.3, -0.25) is 9.78 Å². The van der Waals surface area contributed by atoms with Crippen LogP contribution < -0.4 is 16.4 Å². The average Bonchev–Trinajstić information content (AvgIpc) is 3.35. The molecule has 5 N–H and O–H groups in total. The summed E-state index contributed by atoms with van der Waals surface area (Å²) in [5.41, 5.74) is 14.8. The Kier molecular flexibility index (Phi) is 8.31. The molecule has 0 saturated carbocycles. The second-order valence-electron chi connectivity index (χ2n) is 11.9. The van der Waals surface area contributed by atoms with Crippen molar-refractivity contribution in [2.75, 3.05) is 18.4 Å². The zero-order valence-corrected chi connectivity index (χ0v) is 24.6. The third kappa shape index (κ3) is 6.14. The number of H-pyrrole nitrogens is 1. The Labute approximate surface area is 247 Å². The van der Waals surface area contributed by atoms with E-state index in [-0.39, 0.29) is 5.91 Å². The molecule has 0 spiro atoms. The Morgan fingerprint density at radius 2 is 1.93 bits per heavy atom. The molecule has 7 heteroatoms. The van der Waals surface area contributed by atoms with Gasteiger partial charge >= 0.3 is 0 Å². The van der Waals surface area contributed by atoms with Crippen molar-refractivity contribution >= 4 is 45.0 Å². The highest BCUT2D eigenvalue weighted by atomic mass is 35.5. The van der Waals surface area contributed by atoms with Crippen LogP contribution in [-0.4, -0.2) is 35.0 Å². The summed E-state index contributed by atoms with van der Waals surface area (Å²) in [7, 11) is 0. The predicted octanol–water partition coefficient (Wildman–Crippen LogP) is 7.02. The maximum Gasteiger partial charge on any atom is 0.237 e. The van der Waals surface area contributed by atoms with Gasteiger partial charge in [-0.05, 0) is 87.1 Å². The SMILES string of the molecule is CC1=CC2Cc3nc4cc(Cl)ccc4c(NCCCCCCNC(=O)[C@@H](N)Cc4c[nH]c5ccccc45)c3C(C1)C2. The smallest absolute Gasteiger partial charge is 0.237 e. The molecule has 4 aromatic rings. The van der Waals surface area contributed by atoms with Crippen LogP contribution in [0.1, 0.15) is 68.2 Å². The molecule has 0 fully saturated rings. The van der Waals surface area contributed by atoms with E-state index in [1.54, 1.807) is 0 Å². The number of allylic oxidation sites excluding steroid dienone is 2. The van der Waals surface area contributed by atoms with E-state index in [1.807, 2.05) is 36.5 Å². The van der Waals surface area contributed by atoms with Crippen LogP contribution in [0.25, 0.3) is 21.8 Å². The minimum Gasteiger partial charge on any atom is -0.384 e. The van der Waals surface area contributed by atoms with Crippen molar-refractivity contribution in [1.82, 2.24) is 15.3 Å². The third-order valence-corrected chi connectivity index (χ3v) is 9.00. The molecule has 2 bridgehead atoms. The molecule has 41 heavy (non-hydrogen) atoms. The second kappa shape index (κ2) is 12.3.